The highest BCUT2D eigenvalue weighted by atomic mass is 16.5. The number of amides is 2. The molecule has 1 aliphatic carbocycles. The van der Waals surface area contributed by atoms with Gasteiger partial charge in [-0.3, -0.25) is 14.4 Å². The van der Waals surface area contributed by atoms with Crippen molar-refractivity contribution in [2.75, 3.05) is 17.2 Å². The molecule has 7 nitrogen and oxygen atoms in total. The topological polar surface area (TPSA) is 105 Å². The minimum Gasteiger partial charge on any atom is -0.494 e. The van der Waals surface area contributed by atoms with Gasteiger partial charge in [-0.05, 0) is 93.1 Å². The zero-order valence-electron chi connectivity index (χ0n) is 24.7. The highest BCUT2D eigenvalue weighted by molar-refractivity contribution is 6.10. The number of Topliss-reactive ketones (excluding diaryl/α,β-unsaturated/α-hetero) is 1. The average molecular weight is 557 g/mol. The summed E-state index contributed by atoms with van der Waals surface area (Å²) >= 11 is 0. The SMILES string of the molecule is CCCOc1ccc(C2C(C(=O)Nc3cccc(C)c3C)C(=O)CC(C)(O)C2C(=O)Nc2cccc(C)c2C)cc1. The minimum absolute atomic E-state index is 0.322. The van der Waals surface area contributed by atoms with Crippen molar-refractivity contribution in [2.24, 2.45) is 11.8 Å². The fourth-order valence-corrected chi connectivity index (χ4v) is 5.69. The molecule has 41 heavy (non-hydrogen) atoms. The molecule has 1 aliphatic rings. The van der Waals surface area contributed by atoms with E-state index in [9.17, 15) is 19.5 Å². The molecule has 0 heterocycles. The number of hydrogen-bond donors (Lipinski definition) is 3. The lowest BCUT2D eigenvalue weighted by Gasteiger charge is -2.44. The average Bonchev–Trinajstić information content (AvgIpc) is 2.92. The molecule has 1 fully saturated rings. The first-order valence-electron chi connectivity index (χ1n) is 14.2. The molecule has 7 heteroatoms. The lowest BCUT2D eigenvalue weighted by Crippen LogP contribution is -2.56. The fraction of sp³-hybridized carbons (Fsp3) is 0.382. The Bertz CT molecular complexity index is 1440. The predicted octanol–water partition coefficient (Wildman–Crippen LogP) is 6.03. The Morgan fingerprint density at radius 1 is 0.878 bits per heavy atom. The second kappa shape index (κ2) is 12.3. The van der Waals surface area contributed by atoms with Crippen molar-refractivity contribution < 1.29 is 24.2 Å². The number of anilines is 2. The van der Waals surface area contributed by atoms with Crippen LogP contribution in [0.15, 0.2) is 60.7 Å². The summed E-state index contributed by atoms with van der Waals surface area (Å²) in [6.45, 7) is 11.8. The summed E-state index contributed by atoms with van der Waals surface area (Å²) in [6, 6.07) is 18.3. The number of aliphatic hydroxyl groups is 1. The summed E-state index contributed by atoms with van der Waals surface area (Å²) in [7, 11) is 0. The third kappa shape index (κ3) is 6.35. The van der Waals surface area contributed by atoms with Gasteiger partial charge in [0.25, 0.3) is 0 Å². The molecule has 0 aromatic heterocycles. The summed E-state index contributed by atoms with van der Waals surface area (Å²) in [5.74, 6) is -3.90. The Morgan fingerprint density at radius 2 is 1.41 bits per heavy atom. The van der Waals surface area contributed by atoms with Crippen molar-refractivity contribution in [1.29, 1.82) is 0 Å². The van der Waals surface area contributed by atoms with Gasteiger partial charge in [0, 0.05) is 23.7 Å². The molecule has 0 saturated heterocycles. The largest absolute Gasteiger partial charge is 0.494 e. The monoisotopic (exact) mass is 556 g/mol. The molecule has 4 atom stereocenters. The molecule has 0 radical (unpaired) electrons. The van der Waals surface area contributed by atoms with Gasteiger partial charge in [-0.1, -0.05) is 43.3 Å². The number of aryl methyl sites for hydroxylation is 2. The first-order valence-corrected chi connectivity index (χ1v) is 14.2. The van der Waals surface area contributed by atoms with Gasteiger partial charge in [-0.15, -0.1) is 0 Å². The van der Waals surface area contributed by atoms with Gasteiger partial charge >= 0.3 is 0 Å². The second-order valence-electron chi connectivity index (χ2n) is 11.4. The van der Waals surface area contributed by atoms with Crippen LogP contribution in [0.5, 0.6) is 5.75 Å². The summed E-state index contributed by atoms with van der Waals surface area (Å²) in [6.07, 6.45) is 0.528. The molecule has 0 aliphatic heterocycles. The second-order valence-corrected chi connectivity index (χ2v) is 11.4. The maximum atomic E-state index is 14.0. The number of carbonyl (C=O) groups is 3. The van der Waals surface area contributed by atoms with Crippen LogP contribution in [0.1, 0.15) is 60.4 Å². The molecular formula is C34H40N2O5. The smallest absolute Gasteiger partial charge is 0.235 e. The molecule has 4 rings (SSSR count). The standard InChI is InChI=1S/C34H40N2O5/c1-7-18-41-25-16-14-24(15-17-25)29-30(32(38)35-26-12-8-10-20(2)22(26)4)28(37)19-34(6,40)31(29)33(39)36-27-13-9-11-21(3)23(27)5/h8-17,29-31,40H,7,18-19H2,1-6H3,(H,35,38)(H,36,39). The van der Waals surface area contributed by atoms with E-state index < -0.39 is 41.0 Å². The number of rotatable bonds is 8. The van der Waals surface area contributed by atoms with Crippen LogP contribution in [0, 0.1) is 39.5 Å². The molecular weight excluding hydrogens is 516 g/mol. The van der Waals surface area contributed by atoms with Crippen molar-refractivity contribution in [3.63, 3.8) is 0 Å². The summed E-state index contributed by atoms with van der Waals surface area (Å²) in [5, 5.41) is 17.5. The van der Waals surface area contributed by atoms with Gasteiger partial charge < -0.3 is 20.5 Å². The molecule has 4 unspecified atom stereocenters. The van der Waals surface area contributed by atoms with Crippen LogP contribution in [0.2, 0.25) is 0 Å². The van der Waals surface area contributed by atoms with Gasteiger partial charge in [0.2, 0.25) is 11.8 Å². The van der Waals surface area contributed by atoms with E-state index >= 15 is 0 Å². The van der Waals surface area contributed by atoms with Crippen LogP contribution >= 0.6 is 0 Å². The Morgan fingerprint density at radius 3 is 1.95 bits per heavy atom. The van der Waals surface area contributed by atoms with Crippen LogP contribution in [0.3, 0.4) is 0 Å². The summed E-state index contributed by atoms with van der Waals surface area (Å²) < 4.78 is 5.74. The van der Waals surface area contributed by atoms with Gasteiger partial charge in [0.1, 0.15) is 17.5 Å². The Kier molecular flexibility index (Phi) is 8.98. The third-order valence-electron chi connectivity index (χ3n) is 8.30. The number of ether oxygens (including phenoxy) is 1. The van der Waals surface area contributed by atoms with Crippen molar-refractivity contribution in [1.82, 2.24) is 0 Å². The Balaban J connectivity index is 1.78. The molecule has 0 bridgehead atoms. The van der Waals surface area contributed by atoms with Gasteiger partial charge in [0.15, 0.2) is 0 Å². The molecule has 216 valence electrons. The predicted molar refractivity (Wildman–Crippen MR) is 161 cm³/mol. The molecule has 3 aromatic rings. The molecule has 0 spiro atoms. The zero-order chi connectivity index (χ0) is 29.9. The normalized spacial score (nSPS) is 22.2. The molecule has 3 aromatic carbocycles. The van der Waals surface area contributed by atoms with E-state index in [2.05, 4.69) is 10.6 Å². The van der Waals surface area contributed by atoms with Crippen LogP contribution in [-0.4, -0.2) is 34.9 Å². The van der Waals surface area contributed by atoms with Gasteiger partial charge in [0.05, 0.1) is 18.1 Å². The van der Waals surface area contributed by atoms with E-state index in [0.29, 0.717) is 29.3 Å². The highest BCUT2D eigenvalue weighted by Gasteiger charge is 2.56. The number of carbonyl (C=O) groups excluding carboxylic acids is 3. The zero-order valence-corrected chi connectivity index (χ0v) is 24.7. The number of ketones is 1. The quantitative estimate of drug-likeness (QED) is 0.294. The Labute approximate surface area is 242 Å². The van der Waals surface area contributed by atoms with E-state index in [0.717, 1.165) is 28.7 Å². The van der Waals surface area contributed by atoms with Crippen LogP contribution in [-0.2, 0) is 14.4 Å². The summed E-state index contributed by atoms with van der Waals surface area (Å²) in [4.78, 5) is 41.6. The van der Waals surface area contributed by atoms with Crippen LogP contribution in [0.25, 0.3) is 0 Å². The van der Waals surface area contributed by atoms with Crippen LogP contribution < -0.4 is 15.4 Å². The maximum absolute atomic E-state index is 14.0. The van der Waals surface area contributed by atoms with Crippen LogP contribution in [0.4, 0.5) is 11.4 Å². The van der Waals surface area contributed by atoms with E-state index in [1.807, 2.05) is 65.0 Å². The maximum Gasteiger partial charge on any atom is 0.235 e. The number of hydrogen-bond acceptors (Lipinski definition) is 5. The lowest BCUT2D eigenvalue weighted by atomic mass is 9.61. The molecule has 3 N–H and O–H groups in total. The Hall–Kier alpha value is -3.97. The van der Waals surface area contributed by atoms with Crippen molar-refractivity contribution in [2.45, 2.75) is 65.9 Å². The van der Waals surface area contributed by atoms with Gasteiger partial charge in [-0.2, -0.15) is 0 Å². The summed E-state index contributed by atoms with van der Waals surface area (Å²) in [5.41, 5.74) is 3.98. The first-order chi connectivity index (χ1) is 19.4. The third-order valence-corrected chi connectivity index (χ3v) is 8.30. The molecule has 2 amide bonds. The number of benzene rings is 3. The lowest BCUT2D eigenvalue weighted by molar-refractivity contribution is -0.150. The molecule has 1 saturated carbocycles. The van der Waals surface area contributed by atoms with E-state index in [1.165, 1.54) is 6.92 Å². The number of nitrogens with one attached hydrogen (secondary N) is 2. The van der Waals surface area contributed by atoms with E-state index in [-0.39, 0.29) is 6.42 Å². The highest BCUT2D eigenvalue weighted by Crippen LogP contribution is 2.47. The van der Waals surface area contributed by atoms with Gasteiger partial charge in [-0.25, -0.2) is 0 Å². The van der Waals surface area contributed by atoms with Crippen molar-refractivity contribution in [3.8, 4) is 5.75 Å². The van der Waals surface area contributed by atoms with Crippen molar-refractivity contribution >= 4 is 29.0 Å². The van der Waals surface area contributed by atoms with E-state index in [4.69, 9.17) is 4.74 Å². The fourth-order valence-electron chi connectivity index (χ4n) is 5.69. The first kappa shape index (κ1) is 30.0. The minimum atomic E-state index is -1.68. The van der Waals surface area contributed by atoms with E-state index in [1.54, 1.807) is 30.3 Å². The van der Waals surface area contributed by atoms with Crippen molar-refractivity contribution in [3.05, 3.63) is 88.5 Å².